The Bertz CT molecular complexity index is 1570. The maximum Gasteiger partial charge on any atom is 0.335 e. The van der Waals surface area contributed by atoms with E-state index in [0.717, 1.165) is 18.0 Å². The summed E-state index contributed by atoms with van der Waals surface area (Å²) in [4.78, 5) is 16.5. The topological polar surface area (TPSA) is 62.2 Å². The number of carboxylic acid groups (broad SMARTS) is 1. The first-order chi connectivity index (χ1) is 21.7. The van der Waals surface area contributed by atoms with Crippen LogP contribution >= 0.6 is 11.3 Å². The minimum Gasteiger partial charge on any atom is -0.478 e. The molecule has 2 N–H and O–H groups in total. The van der Waals surface area contributed by atoms with E-state index in [9.17, 15) is 9.90 Å². The van der Waals surface area contributed by atoms with Crippen molar-refractivity contribution in [3.05, 3.63) is 64.7 Å². The summed E-state index contributed by atoms with van der Waals surface area (Å²) in [5.74, 6) is 2.34. The van der Waals surface area contributed by atoms with Gasteiger partial charge in [-0.05, 0) is 146 Å². The van der Waals surface area contributed by atoms with Crippen LogP contribution in [0.2, 0.25) is 0 Å². The molecule has 0 saturated heterocycles. The largest absolute Gasteiger partial charge is 0.478 e. The molecule has 9 atom stereocenters. The lowest BCUT2D eigenvalue weighted by Crippen LogP contribution is -2.67. The molecule has 4 saturated carbocycles. The second kappa shape index (κ2) is 10.8. The minimum atomic E-state index is -0.858. The van der Waals surface area contributed by atoms with Crippen LogP contribution in [0.1, 0.15) is 128 Å². The highest BCUT2D eigenvalue weighted by atomic mass is 32.1. The monoisotopic (exact) mass is 640 g/mol. The zero-order valence-electron chi connectivity index (χ0n) is 29.3. The van der Waals surface area contributed by atoms with Gasteiger partial charge >= 0.3 is 5.97 Å². The summed E-state index contributed by atoms with van der Waals surface area (Å²) in [7, 11) is 0. The van der Waals surface area contributed by atoms with E-state index in [0.29, 0.717) is 46.0 Å². The fraction of sp³-hybridized carbons (Fsp3) is 0.659. The molecule has 5 aliphatic carbocycles. The van der Waals surface area contributed by atoms with Crippen LogP contribution in [0.25, 0.3) is 5.57 Å². The number of aryl methyl sites for hydroxylation is 1. The van der Waals surface area contributed by atoms with Gasteiger partial charge in [0.1, 0.15) is 0 Å². The normalized spacial score (nSPS) is 40.9. The highest BCUT2D eigenvalue weighted by Crippen LogP contribution is 2.77. The fourth-order valence-electron chi connectivity index (χ4n) is 13.0. The third-order valence-corrected chi connectivity index (χ3v) is 16.2. The number of anilines is 1. The number of hydrogen-bond acceptors (Lipinski definition) is 4. The highest BCUT2D eigenvalue weighted by Gasteiger charge is 2.70. The summed E-state index contributed by atoms with van der Waals surface area (Å²) < 4.78 is 0. The Kier molecular flexibility index (Phi) is 7.55. The van der Waals surface area contributed by atoms with Gasteiger partial charge in [-0.3, -0.25) is 0 Å². The first kappa shape index (κ1) is 32.2. The number of thiazole rings is 1. The van der Waals surface area contributed by atoms with Crippen LogP contribution in [0.4, 0.5) is 5.13 Å². The number of aromatic nitrogens is 1. The average molecular weight is 641 g/mol. The molecule has 0 radical (unpaired) electrons. The Hall–Kier alpha value is -2.40. The van der Waals surface area contributed by atoms with Gasteiger partial charge in [0.25, 0.3) is 0 Å². The Balaban J connectivity index is 1.22. The molecule has 5 heteroatoms. The third kappa shape index (κ3) is 4.42. The summed E-state index contributed by atoms with van der Waals surface area (Å²) in [6, 6.07) is 7.63. The maximum atomic E-state index is 11.5. The SMILES string of the molecule is C=C(C)[C@@H]1CC[C@]2(Nc3nc(CC)cs3)CC[C@]3(C)[C@H](CC[C@@H]4[C@@]5(C)CC=C(c6ccc(C(=O)O)cc6)C(C)(C)[C@@H]5CC[C@]43C)[C@@H]12. The van der Waals surface area contributed by atoms with Crippen molar-refractivity contribution < 1.29 is 9.90 Å². The molecular formula is C41H56N2O2S. The maximum absolute atomic E-state index is 11.5. The van der Waals surface area contributed by atoms with E-state index >= 15 is 0 Å². The number of rotatable bonds is 6. The molecule has 2 aromatic rings. The zero-order valence-corrected chi connectivity index (χ0v) is 30.2. The van der Waals surface area contributed by atoms with Gasteiger partial charge in [0.15, 0.2) is 5.13 Å². The average Bonchev–Trinajstić information content (AvgIpc) is 3.62. The van der Waals surface area contributed by atoms with Crippen LogP contribution in [0.15, 0.2) is 47.9 Å². The second-order valence-electron chi connectivity index (χ2n) is 17.4. The number of hydrogen-bond donors (Lipinski definition) is 2. The number of allylic oxidation sites excluding steroid dienone is 3. The minimum absolute atomic E-state index is 0.0318. The number of nitrogens with one attached hydrogen (secondary N) is 1. The van der Waals surface area contributed by atoms with Crippen LogP contribution in [0.3, 0.4) is 0 Å². The summed E-state index contributed by atoms with van der Waals surface area (Å²) >= 11 is 1.80. The van der Waals surface area contributed by atoms with Crippen LogP contribution in [-0.2, 0) is 6.42 Å². The summed E-state index contributed by atoms with van der Waals surface area (Å²) in [5.41, 5.74) is 6.57. The van der Waals surface area contributed by atoms with E-state index in [1.807, 2.05) is 12.1 Å². The summed E-state index contributed by atoms with van der Waals surface area (Å²) in [5, 5.41) is 17.0. The van der Waals surface area contributed by atoms with Crippen LogP contribution in [0, 0.1) is 51.2 Å². The van der Waals surface area contributed by atoms with E-state index in [2.05, 4.69) is 71.8 Å². The lowest BCUT2D eigenvalue weighted by molar-refractivity contribution is -0.216. The first-order valence-corrected chi connectivity index (χ1v) is 19.0. The predicted octanol–water partition coefficient (Wildman–Crippen LogP) is 10.9. The Morgan fingerprint density at radius 1 is 0.978 bits per heavy atom. The Morgan fingerprint density at radius 3 is 2.37 bits per heavy atom. The lowest BCUT2D eigenvalue weighted by atomic mass is 9.33. The van der Waals surface area contributed by atoms with Crippen molar-refractivity contribution in [3.63, 3.8) is 0 Å². The van der Waals surface area contributed by atoms with Crippen molar-refractivity contribution in [1.82, 2.24) is 4.98 Å². The Morgan fingerprint density at radius 2 is 1.72 bits per heavy atom. The molecule has 0 amide bonds. The number of carboxylic acids is 1. The standard InChI is InChI=1S/C41H56N2O2S/c1-9-28-24-46-36(42-28)43-41-21-16-29(25(2)3)34(41)31-14-15-33-38(6)19-17-30(26-10-12-27(13-11-26)35(44)45)37(4,5)32(38)18-20-40(33,8)39(31,7)22-23-41/h10-13,17,24,29,31-34H,2,9,14-16,18-23H2,1,3-8H3,(H,42,43)(H,44,45)/t29-,31+,32-,33+,34+,38-,39+,40+,41-/m0/s1. The number of fused-ring (bicyclic) bond motifs is 7. The van der Waals surface area contributed by atoms with Crippen LogP contribution in [-0.4, -0.2) is 21.6 Å². The molecule has 46 heavy (non-hydrogen) atoms. The van der Waals surface area contributed by atoms with Crippen LogP contribution in [0.5, 0.6) is 0 Å². The molecular weight excluding hydrogens is 585 g/mol. The second-order valence-corrected chi connectivity index (χ2v) is 18.2. The van der Waals surface area contributed by atoms with Crippen LogP contribution < -0.4 is 5.32 Å². The number of nitrogens with zero attached hydrogens (tertiary/aromatic N) is 1. The molecule has 0 aliphatic heterocycles. The van der Waals surface area contributed by atoms with Gasteiger partial charge in [0.05, 0.1) is 11.3 Å². The molecule has 7 rings (SSSR count). The van der Waals surface area contributed by atoms with E-state index in [1.54, 1.807) is 23.5 Å². The zero-order chi connectivity index (χ0) is 32.9. The quantitative estimate of drug-likeness (QED) is 0.308. The number of aromatic carboxylic acids is 1. The van der Waals surface area contributed by atoms with Gasteiger partial charge in [-0.1, -0.05) is 71.9 Å². The third-order valence-electron chi connectivity index (χ3n) is 15.4. The van der Waals surface area contributed by atoms with Gasteiger partial charge in [0, 0.05) is 10.9 Å². The number of carbonyl (C=O) groups is 1. The predicted molar refractivity (Wildman–Crippen MR) is 191 cm³/mol. The van der Waals surface area contributed by atoms with Crippen molar-refractivity contribution in [2.45, 2.75) is 118 Å². The lowest BCUT2D eigenvalue weighted by Gasteiger charge is -2.72. The molecule has 0 bridgehead atoms. The first-order valence-electron chi connectivity index (χ1n) is 18.1. The molecule has 4 fully saturated rings. The van der Waals surface area contributed by atoms with E-state index in [4.69, 9.17) is 4.98 Å². The molecule has 4 nitrogen and oxygen atoms in total. The molecule has 1 aromatic heterocycles. The van der Waals surface area contributed by atoms with Crippen molar-refractivity contribution in [2.75, 3.05) is 5.32 Å². The molecule has 0 unspecified atom stereocenters. The fourth-order valence-corrected chi connectivity index (χ4v) is 13.9. The van der Waals surface area contributed by atoms with E-state index < -0.39 is 5.97 Å². The molecule has 248 valence electrons. The highest BCUT2D eigenvalue weighted by molar-refractivity contribution is 7.13. The summed E-state index contributed by atoms with van der Waals surface area (Å²) in [6.45, 7) is 22.1. The van der Waals surface area contributed by atoms with Crippen molar-refractivity contribution in [1.29, 1.82) is 0 Å². The van der Waals surface area contributed by atoms with Gasteiger partial charge < -0.3 is 10.4 Å². The van der Waals surface area contributed by atoms with E-state index in [-0.39, 0.29) is 16.4 Å². The van der Waals surface area contributed by atoms with Crippen molar-refractivity contribution in [2.24, 2.45) is 51.2 Å². The molecule has 1 heterocycles. The Labute approximate surface area is 281 Å². The van der Waals surface area contributed by atoms with Gasteiger partial charge in [-0.25, -0.2) is 9.78 Å². The van der Waals surface area contributed by atoms with Gasteiger partial charge in [-0.15, -0.1) is 11.3 Å². The number of benzene rings is 1. The van der Waals surface area contributed by atoms with E-state index in [1.165, 1.54) is 73.8 Å². The van der Waals surface area contributed by atoms with Crippen molar-refractivity contribution in [3.8, 4) is 0 Å². The molecule has 1 aromatic carbocycles. The smallest absolute Gasteiger partial charge is 0.335 e. The van der Waals surface area contributed by atoms with Gasteiger partial charge in [-0.2, -0.15) is 0 Å². The molecule has 5 aliphatic rings. The van der Waals surface area contributed by atoms with Gasteiger partial charge in [0.2, 0.25) is 0 Å². The summed E-state index contributed by atoms with van der Waals surface area (Å²) in [6.07, 6.45) is 14.9. The molecule has 0 spiro atoms. The van der Waals surface area contributed by atoms with Crippen molar-refractivity contribution >= 4 is 28.0 Å².